The van der Waals surface area contributed by atoms with Crippen LogP contribution in [0.1, 0.15) is 51.8 Å². The van der Waals surface area contributed by atoms with E-state index in [1.54, 1.807) is 17.0 Å². The first-order valence-electron chi connectivity index (χ1n) is 13.3. The van der Waals surface area contributed by atoms with Crippen molar-refractivity contribution in [3.8, 4) is 0 Å². The zero-order chi connectivity index (χ0) is 27.6. The Morgan fingerprint density at radius 1 is 0.974 bits per heavy atom. The summed E-state index contributed by atoms with van der Waals surface area (Å²) >= 11 is 0. The first kappa shape index (κ1) is 26.8. The molecule has 1 aliphatic rings. The number of anilines is 1. The van der Waals surface area contributed by atoms with Crippen LogP contribution in [0, 0.1) is 6.92 Å². The number of carbonyl (C=O) groups excluding carboxylic acids is 1. The minimum Gasteiger partial charge on any atom is -0.302 e. The number of carbonyl (C=O) groups is 1. The Hall–Kier alpha value is -3.75. The van der Waals surface area contributed by atoms with Crippen LogP contribution in [0.3, 0.4) is 0 Å². The van der Waals surface area contributed by atoms with E-state index in [1.807, 2.05) is 85.4 Å². The lowest BCUT2D eigenvalue weighted by atomic mass is 10.1. The third-order valence-corrected chi connectivity index (χ3v) is 9.17. The zero-order valence-corrected chi connectivity index (χ0v) is 23.5. The van der Waals surface area contributed by atoms with Crippen molar-refractivity contribution in [2.24, 2.45) is 7.05 Å². The molecule has 0 saturated heterocycles. The van der Waals surface area contributed by atoms with Gasteiger partial charge < -0.3 is 4.90 Å². The average molecular weight is 543 g/mol. The van der Waals surface area contributed by atoms with Crippen LogP contribution in [0.25, 0.3) is 0 Å². The van der Waals surface area contributed by atoms with Crippen LogP contribution in [-0.4, -0.2) is 35.0 Å². The molecule has 2 heterocycles. The second kappa shape index (κ2) is 11.2. The zero-order valence-electron chi connectivity index (χ0n) is 22.7. The van der Waals surface area contributed by atoms with E-state index in [2.05, 4.69) is 6.92 Å². The molecule has 1 aromatic heterocycles. The molecule has 5 rings (SSSR count). The molecule has 0 N–H and O–H groups in total. The summed E-state index contributed by atoms with van der Waals surface area (Å²) in [7, 11) is -1.79. The van der Waals surface area contributed by atoms with Crippen molar-refractivity contribution < 1.29 is 13.2 Å². The van der Waals surface area contributed by atoms with Gasteiger partial charge in [-0.1, -0.05) is 61.4 Å². The minimum atomic E-state index is -3.67. The lowest BCUT2D eigenvalue weighted by Gasteiger charge is -2.28. The van der Waals surface area contributed by atoms with Gasteiger partial charge in [-0.3, -0.25) is 9.48 Å². The smallest absolute Gasteiger partial charge is 0.258 e. The molecule has 39 heavy (non-hydrogen) atoms. The quantitative estimate of drug-likeness (QED) is 0.304. The summed E-state index contributed by atoms with van der Waals surface area (Å²) in [5.74, 6) is -0.131. The number of fused-ring (bicyclic) bond motifs is 1. The van der Waals surface area contributed by atoms with Crippen molar-refractivity contribution >= 4 is 21.6 Å². The van der Waals surface area contributed by atoms with Crippen molar-refractivity contribution in [3.63, 3.8) is 0 Å². The molecule has 1 amide bonds. The highest BCUT2D eigenvalue weighted by molar-refractivity contribution is 7.89. The van der Waals surface area contributed by atoms with Crippen LogP contribution >= 0.6 is 0 Å². The van der Waals surface area contributed by atoms with Gasteiger partial charge in [0, 0.05) is 49.1 Å². The van der Waals surface area contributed by atoms with Gasteiger partial charge in [0.15, 0.2) is 0 Å². The Bertz CT molecular complexity index is 1560. The molecule has 0 bridgehead atoms. The number of rotatable bonds is 8. The van der Waals surface area contributed by atoms with E-state index in [1.165, 1.54) is 4.31 Å². The van der Waals surface area contributed by atoms with E-state index in [4.69, 9.17) is 5.10 Å². The second-order valence-corrected chi connectivity index (χ2v) is 12.0. The summed E-state index contributed by atoms with van der Waals surface area (Å²) in [6.07, 6.45) is 2.49. The molecule has 0 unspecified atom stereocenters. The fraction of sp³-hybridized carbons (Fsp3) is 0.290. The number of aromatic nitrogens is 2. The van der Waals surface area contributed by atoms with Crippen LogP contribution in [0.5, 0.6) is 0 Å². The Kier molecular flexibility index (Phi) is 7.68. The number of benzene rings is 3. The molecule has 4 aromatic rings. The fourth-order valence-electron chi connectivity index (χ4n) is 5.13. The van der Waals surface area contributed by atoms with Crippen LogP contribution in [0.4, 0.5) is 5.69 Å². The Labute approximate surface area is 230 Å². The van der Waals surface area contributed by atoms with Crippen molar-refractivity contribution in [3.05, 3.63) is 113 Å². The topological polar surface area (TPSA) is 75.5 Å². The molecule has 0 saturated carbocycles. The van der Waals surface area contributed by atoms with Crippen molar-refractivity contribution in [2.75, 3.05) is 11.4 Å². The van der Waals surface area contributed by atoms with Gasteiger partial charge >= 0.3 is 0 Å². The number of para-hydroxylation sites is 1. The summed E-state index contributed by atoms with van der Waals surface area (Å²) in [5.41, 5.74) is 6.14. The lowest BCUT2D eigenvalue weighted by Crippen LogP contribution is -2.37. The van der Waals surface area contributed by atoms with Crippen molar-refractivity contribution in [1.29, 1.82) is 0 Å². The second-order valence-electron chi connectivity index (χ2n) is 10.1. The van der Waals surface area contributed by atoms with Gasteiger partial charge in [-0.25, -0.2) is 8.42 Å². The highest BCUT2D eigenvalue weighted by Crippen LogP contribution is 2.29. The predicted molar refractivity (Wildman–Crippen MR) is 153 cm³/mol. The van der Waals surface area contributed by atoms with E-state index in [9.17, 15) is 13.2 Å². The first-order chi connectivity index (χ1) is 18.8. The monoisotopic (exact) mass is 542 g/mol. The highest BCUT2D eigenvalue weighted by atomic mass is 32.2. The summed E-state index contributed by atoms with van der Waals surface area (Å²) < 4.78 is 30.5. The number of hydrogen-bond donors (Lipinski definition) is 0. The fourth-order valence-corrected chi connectivity index (χ4v) is 6.54. The Balaban J connectivity index is 1.46. The molecule has 0 fully saturated rings. The Morgan fingerprint density at radius 3 is 2.33 bits per heavy atom. The standard InChI is InChI=1S/C31H34N4O3S/c1-4-8-24-13-17-27(18-14-24)39(37,38)34-20-19-30-28(21-34)29(32-33(30)3)22-35(26-9-6-5-7-10-26)31(36)25-15-11-23(2)12-16-25/h5-7,9-18H,4,8,19-22H2,1-3H3. The number of nitrogens with zero attached hydrogens (tertiary/aromatic N) is 4. The van der Waals surface area contributed by atoms with Crippen molar-refractivity contribution in [2.45, 2.75) is 51.1 Å². The van der Waals surface area contributed by atoms with Gasteiger partial charge in [-0.15, -0.1) is 0 Å². The summed E-state index contributed by atoms with van der Waals surface area (Å²) in [4.78, 5) is 15.7. The molecule has 0 spiro atoms. The van der Waals surface area contributed by atoms with E-state index in [-0.39, 0.29) is 19.0 Å². The SMILES string of the molecule is CCCc1ccc(S(=O)(=O)N2CCc3c(c(CN(C(=O)c4ccc(C)cc4)c4ccccc4)nn3C)C2)cc1. The third-order valence-electron chi connectivity index (χ3n) is 7.31. The van der Waals surface area contributed by atoms with Crippen LogP contribution in [0.15, 0.2) is 83.8 Å². The molecule has 0 aliphatic carbocycles. The number of aryl methyl sites for hydroxylation is 3. The lowest BCUT2D eigenvalue weighted by molar-refractivity contribution is 0.0984. The maximum atomic E-state index is 13.7. The van der Waals surface area contributed by atoms with Crippen LogP contribution in [0.2, 0.25) is 0 Å². The van der Waals surface area contributed by atoms with Crippen LogP contribution < -0.4 is 4.90 Å². The predicted octanol–water partition coefficient (Wildman–Crippen LogP) is 5.28. The van der Waals surface area contributed by atoms with Crippen molar-refractivity contribution in [1.82, 2.24) is 14.1 Å². The largest absolute Gasteiger partial charge is 0.302 e. The molecule has 0 atom stereocenters. The average Bonchev–Trinajstić information content (AvgIpc) is 3.27. The maximum Gasteiger partial charge on any atom is 0.258 e. The van der Waals surface area contributed by atoms with E-state index < -0.39 is 10.0 Å². The van der Waals surface area contributed by atoms with Gasteiger partial charge in [0.25, 0.3) is 5.91 Å². The molecular formula is C31H34N4O3S. The third kappa shape index (κ3) is 5.53. The highest BCUT2D eigenvalue weighted by Gasteiger charge is 2.33. The molecule has 0 radical (unpaired) electrons. The first-order valence-corrected chi connectivity index (χ1v) is 14.8. The maximum absolute atomic E-state index is 13.7. The molecular weight excluding hydrogens is 508 g/mol. The molecule has 7 nitrogen and oxygen atoms in total. The van der Waals surface area contributed by atoms with Gasteiger partial charge in [0.2, 0.25) is 10.0 Å². The molecule has 8 heteroatoms. The van der Waals surface area contributed by atoms with E-state index in [0.717, 1.165) is 40.9 Å². The Morgan fingerprint density at radius 2 is 1.67 bits per heavy atom. The summed E-state index contributed by atoms with van der Waals surface area (Å²) in [5, 5.41) is 4.77. The number of sulfonamides is 1. The normalized spacial score (nSPS) is 13.7. The summed E-state index contributed by atoms with van der Waals surface area (Å²) in [6.45, 7) is 4.94. The van der Waals surface area contributed by atoms with Gasteiger partial charge in [0.1, 0.15) is 0 Å². The van der Waals surface area contributed by atoms with Crippen LogP contribution in [-0.2, 0) is 43.0 Å². The van der Waals surface area contributed by atoms with Gasteiger partial charge in [0.05, 0.1) is 17.1 Å². The van der Waals surface area contributed by atoms with E-state index in [0.29, 0.717) is 29.1 Å². The van der Waals surface area contributed by atoms with Gasteiger partial charge in [-0.05, 0) is 55.3 Å². The minimum absolute atomic E-state index is 0.131. The molecule has 1 aliphatic heterocycles. The number of hydrogen-bond acceptors (Lipinski definition) is 4. The van der Waals surface area contributed by atoms with Gasteiger partial charge in [-0.2, -0.15) is 9.40 Å². The summed E-state index contributed by atoms with van der Waals surface area (Å²) in [6, 6.07) is 24.3. The molecule has 202 valence electrons. The number of amides is 1. The van der Waals surface area contributed by atoms with E-state index >= 15 is 0 Å². The molecule has 3 aromatic carbocycles.